The molecule has 220 valence electrons. The number of hydrogen-bond donors (Lipinski definition) is 0. The summed E-state index contributed by atoms with van der Waals surface area (Å²) < 4.78 is 60.6. The number of piperidine rings is 1. The topological polar surface area (TPSA) is 74.0 Å². The summed E-state index contributed by atoms with van der Waals surface area (Å²) in [7, 11) is 0. The number of benzene rings is 2. The van der Waals surface area contributed by atoms with Crippen molar-refractivity contribution in [3.8, 4) is 28.8 Å². The Morgan fingerprint density at radius 2 is 1.76 bits per heavy atom. The first-order valence-corrected chi connectivity index (χ1v) is 14.3. The second-order valence-electron chi connectivity index (χ2n) is 10.9. The van der Waals surface area contributed by atoms with Gasteiger partial charge < -0.3 is 23.6 Å². The number of rotatable bonds is 8. The van der Waals surface area contributed by atoms with E-state index in [0.29, 0.717) is 35.7 Å². The Balaban J connectivity index is 1.14. The van der Waals surface area contributed by atoms with Crippen molar-refractivity contribution < 1.29 is 36.7 Å². The molecule has 3 heterocycles. The molecule has 0 N–H and O–H groups in total. The molecule has 3 aromatic rings. The molecule has 10 heteroatoms. The van der Waals surface area contributed by atoms with Crippen LogP contribution in [0.1, 0.15) is 68.3 Å². The van der Waals surface area contributed by atoms with Gasteiger partial charge >= 0.3 is 12.3 Å². The molecule has 0 amide bonds. The Labute approximate surface area is 241 Å². The van der Waals surface area contributed by atoms with E-state index < -0.39 is 12.3 Å². The van der Waals surface area contributed by atoms with Crippen LogP contribution in [-0.2, 0) is 20.9 Å². The molecule has 3 fully saturated rings. The summed E-state index contributed by atoms with van der Waals surface area (Å²) in [5.74, 6) is 5.39. The molecule has 1 aromatic heterocycles. The Kier molecular flexibility index (Phi) is 7.86. The van der Waals surface area contributed by atoms with E-state index in [9.17, 15) is 18.0 Å². The van der Waals surface area contributed by atoms with Crippen molar-refractivity contribution in [3.05, 3.63) is 65.4 Å². The molecule has 3 atom stereocenters. The lowest BCUT2D eigenvalue weighted by molar-refractivity contribution is -0.274. The Bertz CT molecular complexity index is 1470. The van der Waals surface area contributed by atoms with Crippen LogP contribution in [0.25, 0.3) is 11.3 Å². The van der Waals surface area contributed by atoms with Crippen molar-refractivity contribution in [2.24, 2.45) is 0 Å². The van der Waals surface area contributed by atoms with Gasteiger partial charge in [-0.1, -0.05) is 23.2 Å². The third kappa shape index (κ3) is 6.26. The highest BCUT2D eigenvalue weighted by Gasteiger charge is 2.42. The minimum Gasteiger partial charge on any atom is -0.456 e. The van der Waals surface area contributed by atoms with Crippen molar-refractivity contribution >= 4 is 11.7 Å². The zero-order chi connectivity index (χ0) is 29.3. The van der Waals surface area contributed by atoms with Crippen molar-refractivity contribution in [2.45, 2.75) is 82.5 Å². The molecule has 3 aliphatic rings. The minimum atomic E-state index is -4.82. The Morgan fingerprint density at radius 1 is 1.05 bits per heavy atom. The van der Waals surface area contributed by atoms with Crippen LogP contribution in [0.3, 0.4) is 0 Å². The number of ether oxygens (including phenoxy) is 3. The van der Waals surface area contributed by atoms with Crippen molar-refractivity contribution in [1.82, 2.24) is 5.16 Å². The van der Waals surface area contributed by atoms with E-state index in [4.69, 9.17) is 14.0 Å². The van der Waals surface area contributed by atoms with E-state index in [1.165, 1.54) is 12.1 Å². The van der Waals surface area contributed by atoms with Crippen LogP contribution in [0.2, 0.25) is 0 Å². The molecule has 1 aliphatic carbocycles. The second-order valence-corrected chi connectivity index (χ2v) is 10.9. The molecule has 42 heavy (non-hydrogen) atoms. The largest absolute Gasteiger partial charge is 0.573 e. The van der Waals surface area contributed by atoms with Gasteiger partial charge in [0.15, 0.2) is 0 Å². The zero-order valence-electron chi connectivity index (χ0n) is 23.2. The SMILES string of the molecule is CCOC(=O)C#Cc1ccc(N2[C@@H]3CC[C@H]2CC(OCc2c(-c4ccccc4OC(F)(F)F)noc2C2CC2)C3)cc1. The van der Waals surface area contributed by atoms with Gasteiger partial charge in [-0.2, -0.15) is 0 Å². The molecule has 1 saturated carbocycles. The molecule has 2 aromatic carbocycles. The fourth-order valence-corrected chi connectivity index (χ4v) is 6.11. The van der Waals surface area contributed by atoms with Crippen molar-refractivity contribution in [3.63, 3.8) is 0 Å². The number of anilines is 1. The third-order valence-corrected chi connectivity index (χ3v) is 8.04. The van der Waals surface area contributed by atoms with E-state index in [-0.39, 0.29) is 29.9 Å². The standard InChI is InChI=1S/C32H31F3N2O5/c1-2-39-29(38)16-9-20-7-12-22(13-8-20)37-23-14-15-24(37)18-25(17-23)40-19-27-30(36-42-31(27)21-10-11-21)26-5-3-4-6-28(26)41-32(33,34)35/h3-8,12-13,21,23-25H,2,10-11,14-15,17-19H2,1H3/t23-,24+,25?. The first-order valence-electron chi connectivity index (χ1n) is 14.3. The van der Waals surface area contributed by atoms with E-state index in [0.717, 1.165) is 49.8 Å². The average Bonchev–Trinajstić information content (AvgIpc) is 3.66. The number of fused-ring (bicyclic) bond motifs is 2. The number of hydrogen-bond acceptors (Lipinski definition) is 7. The van der Waals surface area contributed by atoms with Gasteiger partial charge in [-0.3, -0.25) is 0 Å². The average molecular weight is 581 g/mol. The van der Waals surface area contributed by atoms with Gasteiger partial charge in [0, 0.05) is 46.3 Å². The van der Waals surface area contributed by atoms with Gasteiger partial charge in [-0.05, 0) is 81.8 Å². The van der Waals surface area contributed by atoms with Crippen molar-refractivity contribution in [1.29, 1.82) is 0 Å². The lowest BCUT2D eigenvalue weighted by atomic mass is 9.98. The van der Waals surface area contributed by atoms with E-state index in [2.05, 4.69) is 26.6 Å². The van der Waals surface area contributed by atoms with Gasteiger partial charge in [0.1, 0.15) is 17.2 Å². The minimum absolute atomic E-state index is 0.00457. The van der Waals surface area contributed by atoms with Crippen LogP contribution in [-0.4, -0.2) is 42.3 Å². The van der Waals surface area contributed by atoms with Gasteiger partial charge in [-0.15, -0.1) is 13.2 Å². The van der Waals surface area contributed by atoms with E-state index in [1.807, 2.05) is 24.3 Å². The number of nitrogens with zero attached hydrogens (tertiary/aromatic N) is 2. The van der Waals surface area contributed by atoms with E-state index in [1.54, 1.807) is 19.1 Å². The summed E-state index contributed by atoms with van der Waals surface area (Å²) in [5, 5.41) is 4.19. The predicted octanol–water partition coefficient (Wildman–Crippen LogP) is 6.75. The van der Waals surface area contributed by atoms with Crippen LogP contribution in [0, 0.1) is 11.8 Å². The molecule has 2 saturated heterocycles. The molecule has 2 aliphatic heterocycles. The van der Waals surface area contributed by atoms with Crippen LogP contribution in [0.5, 0.6) is 5.75 Å². The Morgan fingerprint density at radius 3 is 2.43 bits per heavy atom. The summed E-state index contributed by atoms with van der Waals surface area (Å²) in [4.78, 5) is 14.0. The molecular weight excluding hydrogens is 549 g/mol. The fourth-order valence-electron chi connectivity index (χ4n) is 6.11. The number of halogens is 3. The number of esters is 1. The normalized spacial score (nSPS) is 21.5. The monoisotopic (exact) mass is 580 g/mol. The first-order chi connectivity index (χ1) is 20.3. The zero-order valence-corrected chi connectivity index (χ0v) is 23.2. The fraction of sp³-hybridized carbons (Fsp3) is 0.438. The maximum Gasteiger partial charge on any atom is 0.573 e. The smallest absolute Gasteiger partial charge is 0.456 e. The highest BCUT2D eigenvalue weighted by molar-refractivity contribution is 5.89. The molecule has 0 radical (unpaired) electrons. The number of carbonyl (C=O) groups is 1. The number of carbonyl (C=O) groups excluding carboxylic acids is 1. The van der Waals surface area contributed by atoms with Gasteiger partial charge in [0.2, 0.25) is 0 Å². The summed E-state index contributed by atoms with van der Waals surface area (Å²) in [6.07, 6.45) is 0.897. The summed E-state index contributed by atoms with van der Waals surface area (Å²) in [6.45, 7) is 2.25. The highest BCUT2D eigenvalue weighted by Crippen LogP contribution is 2.46. The Hall–Kier alpha value is -3.97. The highest BCUT2D eigenvalue weighted by atomic mass is 19.4. The predicted molar refractivity (Wildman–Crippen MR) is 148 cm³/mol. The number of alkyl halides is 3. The van der Waals surface area contributed by atoms with Crippen LogP contribution >= 0.6 is 0 Å². The van der Waals surface area contributed by atoms with Crippen molar-refractivity contribution in [2.75, 3.05) is 11.5 Å². The van der Waals surface area contributed by atoms with Crippen LogP contribution in [0.15, 0.2) is 53.1 Å². The summed E-state index contributed by atoms with van der Waals surface area (Å²) >= 11 is 0. The second kappa shape index (κ2) is 11.7. The quantitative estimate of drug-likeness (QED) is 0.216. The summed E-state index contributed by atoms with van der Waals surface area (Å²) in [6, 6.07) is 14.5. The maximum absolute atomic E-state index is 13.1. The lowest BCUT2D eigenvalue weighted by Gasteiger charge is -2.40. The van der Waals surface area contributed by atoms with Gasteiger partial charge in [0.25, 0.3) is 0 Å². The van der Waals surface area contributed by atoms with Gasteiger partial charge in [-0.25, -0.2) is 4.79 Å². The first kappa shape index (κ1) is 28.2. The molecule has 0 spiro atoms. The van der Waals surface area contributed by atoms with Crippen LogP contribution in [0.4, 0.5) is 18.9 Å². The third-order valence-electron chi connectivity index (χ3n) is 8.04. The number of para-hydroxylation sites is 1. The van der Waals surface area contributed by atoms with Crippen LogP contribution < -0.4 is 9.64 Å². The van der Waals surface area contributed by atoms with Gasteiger partial charge in [0.05, 0.1) is 19.3 Å². The van der Waals surface area contributed by atoms with E-state index >= 15 is 0 Å². The molecule has 7 nitrogen and oxygen atoms in total. The summed E-state index contributed by atoms with van der Waals surface area (Å²) in [5.41, 5.74) is 3.12. The maximum atomic E-state index is 13.1. The lowest BCUT2D eigenvalue weighted by Crippen LogP contribution is -2.45. The molecular formula is C32H31F3N2O5. The molecule has 2 bridgehead atoms. The number of aromatic nitrogens is 1. The molecule has 1 unspecified atom stereocenters. The molecule has 6 rings (SSSR count).